The first-order chi connectivity index (χ1) is 18.5. The van der Waals surface area contributed by atoms with E-state index in [0.717, 1.165) is 0 Å². The second-order valence-corrected chi connectivity index (χ2v) is 12.7. The van der Waals surface area contributed by atoms with Gasteiger partial charge in [0.1, 0.15) is 12.2 Å². The van der Waals surface area contributed by atoms with Crippen molar-refractivity contribution in [3.05, 3.63) is 48.6 Å². The van der Waals surface area contributed by atoms with Crippen LogP contribution in [-0.2, 0) is 28.6 Å². The highest BCUT2D eigenvalue weighted by atomic mass is 16.6. The smallest absolute Gasteiger partial charge is 0.338 e. The van der Waals surface area contributed by atoms with Crippen molar-refractivity contribution in [2.75, 3.05) is 0 Å². The molecule has 9 nitrogen and oxygen atoms in total. The molecule has 0 amide bonds. The predicted octanol–water partition coefficient (Wildman–Crippen LogP) is 3.40. The Labute approximate surface area is 234 Å². The van der Waals surface area contributed by atoms with Crippen LogP contribution in [0, 0.1) is 28.1 Å². The fourth-order valence-corrected chi connectivity index (χ4v) is 7.96. The third-order valence-electron chi connectivity index (χ3n) is 9.96. The Morgan fingerprint density at radius 1 is 0.950 bits per heavy atom. The second-order valence-electron chi connectivity index (χ2n) is 12.7. The van der Waals surface area contributed by atoms with Crippen LogP contribution >= 0.6 is 0 Å². The Morgan fingerprint density at radius 2 is 1.55 bits per heavy atom. The van der Waals surface area contributed by atoms with Gasteiger partial charge in [-0.05, 0) is 44.2 Å². The number of carbonyl (C=O) groups is 4. The topological polar surface area (TPSA) is 136 Å². The number of ketones is 1. The molecule has 2 N–H and O–H groups in total. The largest absolute Gasteiger partial charge is 0.458 e. The van der Waals surface area contributed by atoms with Crippen molar-refractivity contribution in [2.24, 2.45) is 28.1 Å². The monoisotopic (exact) mass is 556 g/mol. The second kappa shape index (κ2) is 10.1. The lowest BCUT2D eigenvalue weighted by molar-refractivity contribution is -0.301. The van der Waals surface area contributed by atoms with E-state index in [1.807, 2.05) is 20.8 Å². The number of esters is 3. The predicted molar refractivity (Wildman–Crippen MR) is 144 cm³/mol. The minimum Gasteiger partial charge on any atom is -0.458 e. The van der Waals surface area contributed by atoms with Gasteiger partial charge >= 0.3 is 17.9 Å². The van der Waals surface area contributed by atoms with Gasteiger partial charge in [0.15, 0.2) is 17.5 Å². The lowest BCUT2D eigenvalue weighted by Crippen LogP contribution is -2.78. The van der Waals surface area contributed by atoms with Crippen LogP contribution in [0.2, 0.25) is 0 Å². The van der Waals surface area contributed by atoms with E-state index >= 15 is 0 Å². The molecule has 3 fully saturated rings. The highest BCUT2D eigenvalue weighted by Crippen LogP contribution is 2.67. The zero-order valence-electron chi connectivity index (χ0n) is 24.0. The Morgan fingerprint density at radius 3 is 2.10 bits per heavy atom. The van der Waals surface area contributed by atoms with E-state index in [0.29, 0.717) is 12.8 Å². The number of fused-ring (bicyclic) bond motifs is 3. The molecule has 40 heavy (non-hydrogen) atoms. The molecule has 0 aliphatic heterocycles. The quantitative estimate of drug-likeness (QED) is 0.318. The van der Waals surface area contributed by atoms with Gasteiger partial charge in [0.05, 0.1) is 11.7 Å². The van der Waals surface area contributed by atoms with Crippen LogP contribution in [-0.4, -0.2) is 63.9 Å². The number of allylic oxidation sites excluding steroid dienone is 1. The number of rotatable bonds is 5. The fourth-order valence-electron chi connectivity index (χ4n) is 7.96. The Kier molecular flexibility index (Phi) is 7.56. The maximum Gasteiger partial charge on any atom is 0.338 e. The summed E-state index contributed by atoms with van der Waals surface area (Å²) in [6.45, 7) is 13.4. The minimum atomic E-state index is -2.17. The molecule has 1 aromatic carbocycles. The third kappa shape index (κ3) is 4.38. The third-order valence-corrected chi connectivity index (χ3v) is 9.96. The van der Waals surface area contributed by atoms with Crippen molar-refractivity contribution in [1.29, 1.82) is 0 Å². The molecule has 4 rings (SSSR count). The van der Waals surface area contributed by atoms with E-state index in [4.69, 9.17) is 14.2 Å². The van der Waals surface area contributed by atoms with Crippen molar-refractivity contribution in [3.63, 3.8) is 0 Å². The Hall–Kier alpha value is -3.04. The van der Waals surface area contributed by atoms with Gasteiger partial charge in [0.25, 0.3) is 0 Å². The van der Waals surface area contributed by atoms with Gasteiger partial charge in [-0.15, -0.1) is 6.58 Å². The first kappa shape index (κ1) is 29.9. The number of carbonyl (C=O) groups excluding carboxylic acids is 4. The molecular weight excluding hydrogens is 516 g/mol. The van der Waals surface area contributed by atoms with Gasteiger partial charge < -0.3 is 24.4 Å². The molecule has 0 bridgehead atoms. The van der Waals surface area contributed by atoms with Crippen molar-refractivity contribution in [2.45, 2.75) is 90.8 Å². The molecule has 3 aliphatic rings. The van der Waals surface area contributed by atoms with Crippen LogP contribution < -0.4 is 0 Å². The van der Waals surface area contributed by atoms with Gasteiger partial charge in [-0.2, -0.15) is 0 Å². The number of hydrogen-bond donors (Lipinski definition) is 2. The zero-order chi connectivity index (χ0) is 29.8. The average Bonchev–Trinajstić information content (AvgIpc) is 2.89. The summed E-state index contributed by atoms with van der Waals surface area (Å²) < 4.78 is 17.7. The van der Waals surface area contributed by atoms with Gasteiger partial charge in [-0.25, -0.2) is 4.79 Å². The molecule has 1 aromatic rings. The molecule has 0 radical (unpaired) electrons. The first-order valence-corrected chi connectivity index (χ1v) is 13.7. The summed E-state index contributed by atoms with van der Waals surface area (Å²) in [4.78, 5) is 52.1. The molecule has 9 heteroatoms. The highest BCUT2D eigenvalue weighted by molar-refractivity contribution is 5.95. The van der Waals surface area contributed by atoms with Gasteiger partial charge in [-0.3, -0.25) is 14.4 Å². The number of Topliss-reactive ketones (excluding diaryl/α,β-unsaturated/α-hetero) is 1. The van der Waals surface area contributed by atoms with E-state index in [9.17, 15) is 29.4 Å². The summed E-state index contributed by atoms with van der Waals surface area (Å²) in [7, 11) is 0. The van der Waals surface area contributed by atoms with Crippen molar-refractivity contribution < 1.29 is 43.6 Å². The molecule has 0 heterocycles. The summed E-state index contributed by atoms with van der Waals surface area (Å²) >= 11 is 0. The van der Waals surface area contributed by atoms with Crippen molar-refractivity contribution in [3.8, 4) is 0 Å². The molecule has 3 saturated carbocycles. The maximum atomic E-state index is 13.9. The first-order valence-electron chi connectivity index (χ1n) is 13.7. The summed E-state index contributed by atoms with van der Waals surface area (Å²) in [6.07, 6.45) is -2.84. The average molecular weight is 557 g/mol. The molecule has 0 spiro atoms. The lowest BCUT2D eigenvalue weighted by atomic mass is 9.39. The molecule has 9 atom stereocenters. The van der Waals surface area contributed by atoms with E-state index in [2.05, 4.69) is 6.58 Å². The summed E-state index contributed by atoms with van der Waals surface area (Å²) in [5, 5.41) is 23.6. The fraction of sp³-hybridized carbons (Fsp3) is 0.613. The van der Waals surface area contributed by atoms with Gasteiger partial charge in [-0.1, -0.05) is 45.0 Å². The Bertz CT molecular complexity index is 1210. The van der Waals surface area contributed by atoms with Crippen LogP contribution in [0.1, 0.15) is 71.2 Å². The van der Waals surface area contributed by atoms with E-state index in [1.165, 1.54) is 19.9 Å². The van der Waals surface area contributed by atoms with Crippen LogP contribution in [0.4, 0.5) is 0 Å². The minimum absolute atomic E-state index is 0.0423. The molecule has 0 saturated heterocycles. The molecule has 3 aliphatic carbocycles. The SMILES string of the molecule is C=C[C@@]1(C)CC[C@H]2[C@](O)(C1=O)[C@H](O)C[C@H]1C(C)(C)[C@H](OC(C)=O)[C@H](OC(C)=O)[C@H](OC(=O)c3ccccc3)[C@@]12C. The number of aliphatic hydroxyl groups is 2. The summed E-state index contributed by atoms with van der Waals surface area (Å²) in [5.41, 5.74) is -5.10. The standard InChI is InChI=1S/C31H40O9/c1-8-29(6)15-14-20-30(7)21(16-22(34)31(20,37)27(29)36)28(4,5)24(39-18(3)33)23(38-17(2)32)25(30)40-26(35)19-12-10-9-11-13-19/h8-13,20-25,34,37H,1,14-16H2,2-7H3/t20-,21+,22-,23+,24-,25+,29+,30-,31-/m1/s1. The van der Waals surface area contributed by atoms with Gasteiger partial charge in [0.2, 0.25) is 0 Å². The normalized spacial score (nSPS) is 40.1. The maximum absolute atomic E-state index is 13.9. The van der Waals surface area contributed by atoms with E-state index in [-0.39, 0.29) is 12.0 Å². The summed E-state index contributed by atoms with van der Waals surface area (Å²) in [6, 6.07) is 8.28. The van der Waals surface area contributed by atoms with Crippen LogP contribution in [0.25, 0.3) is 0 Å². The van der Waals surface area contributed by atoms with Crippen molar-refractivity contribution >= 4 is 23.7 Å². The van der Waals surface area contributed by atoms with E-state index in [1.54, 1.807) is 37.3 Å². The number of hydrogen-bond acceptors (Lipinski definition) is 9. The zero-order valence-corrected chi connectivity index (χ0v) is 24.0. The Balaban J connectivity index is 1.94. The molecular formula is C31H40O9. The number of benzene rings is 1. The number of ether oxygens (including phenoxy) is 3. The number of aliphatic hydroxyl groups excluding tert-OH is 1. The van der Waals surface area contributed by atoms with Crippen LogP contribution in [0.3, 0.4) is 0 Å². The van der Waals surface area contributed by atoms with Crippen molar-refractivity contribution in [1.82, 2.24) is 0 Å². The molecule has 0 aromatic heterocycles. The summed E-state index contributed by atoms with van der Waals surface area (Å²) in [5.74, 6) is -3.93. The van der Waals surface area contributed by atoms with Crippen LogP contribution in [0.15, 0.2) is 43.0 Å². The van der Waals surface area contributed by atoms with Crippen LogP contribution in [0.5, 0.6) is 0 Å². The molecule has 0 unspecified atom stereocenters. The molecule has 218 valence electrons. The highest BCUT2D eigenvalue weighted by Gasteiger charge is 2.75. The van der Waals surface area contributed by atoms with Gasteiger partial charge in [0, 0.05) is 36.0 Å². The lowest BCUT2D eigenvalue weighted by Gasteiger charge is -2.68. The van der Waals surface area contributed by atoms with E-state index < -0.39 is 81.8 Å².